The van der Waals surface area contributed by atoms with Gasteiger partial charge in [-0.15, -0.1) is 0 Å². The van der Waals surface area contributed by atoms with Crippen LogP contribution in [0.25, 0.3) is 0 Å². The van der Waals surface area contributed by atoms with Crippen LogP contribution < -0.4 is 0 Å². The van der Waals surface area contributed by atoms with Gasteiger partial charge in [0.05, 0.1) is 26.4 Å². The molecule has 0 bridgehead atoms. The molecule has 2 aliphatic heterocycles. The van der Waals surface area contributed by atoms with Crippen molar-refractivity contribution < 1.29 is 14.7 Å². The summed E-state index contributed by atoms with van der Waals surface area (Å²) in [5.74, 6) is 0. The lowest BCUT2D eigenvalue weighted by Crippen LogP contribution is -2.39. The van der Waals surface area contributed by atoms with E-state index in [-0.39, 0.29) is 11.0 Å². The van der Waals surface area contributed by atoms with E-state index in [4.69, 9.17) is 9.47 Å². The summed E-state index contributed by atoms with van der Waals surface area (Å²) in [7, 11) is 0. The van der Waals surface area contributed by atoms with Crippen molar-refractivity contribution in [1.29, 1.82) is 0 Å². The Morgan fingerprint density at radius 3 is 2.64 bits per heavy atom. The Morgan fingerprint density at radius 1 is 1.21 bits per heavy atom. The normalized spacial score (nSPS) is 38.8. The Hall–Kier alpha value is -0.160. The molecule has 2 aliphatic rings. The van der Waals surface area contributed by atoms with E-state index in [2.05, 4.69) is 13.8 Å². The van der Waals surface area contributed by atoms with Crippen molar-refractivity contribution in [2.24, 2.45) is 5.41 Å². The van der Waals surface area contributed by atoms with E-state index in [0.717, 1.165) is 13.0 Å². The minimum atomic E-state index is -0.261. The number of ether oxygens (including phenoxy) is 2. The maximum atomic E-state index is 9.37. The minimum absolute atomic E-state index is 0.0897. The first-order valence-electron chi connectivity index (χ1n) is 5.17. The lowest BCUT2D eigenvalue weighted by molar-refractivity contribution is -0.117. The number of hydroxylamine groups is 2. The van der Waals surface area contributed by atoms with Crippen LogP contribution in [0.3, 0.4) is 0 Å². The first-order valence-corrected chi connectivity index (χ1v) is 5.17. The zero-order valence-electron chi connectivity index (χ0n) is 8.95. The van der Waals surface area contributed by atoms with E-state index in [1.165, 1.54) is 5.06 Å². The van der Waals surface area contributed by atoms with Gasteiger partial charge in [0.1, 0.15) is 5.60 Å². The van der Waals surface area contributed by atoms with E-state index >= 15 is 0 Å². The summed E-state index contributed by atoms with van der Waals surface area (Å²) in [6, 6.07) is 0. The van der Waals surface area contributed by atoms with Gasteiger partial charge in [-0.2, -0.15) is 5.06 Å². The molecule has 0 aliphatic carbocycles. The molecular weight excluding hydrogens is 182 g/mol. The Bertz CT molecular complexity index is 219. The van der Waals surface area contributed by atoms with Gasteiger partial charge in [0.25, 0.3) is 0 Å². The number of rotatable bonds is 0. The molecule has 0 saturated carbocycles. The fourth-order valence-corrected chi connectivity index (χ4v) is 2.00. The zero-order valence-corrected chi connectivity index (χ0v) is 8.95. The molecule has 14 heavy (non-hydrogen) atoms. The average Bonchev–Trinajstić information content (AvgIpc) is 2.38. The molecule has 82 valence electrons. The highest BCUT2D eigenvalue weighted by molar-refractivity contribution is 4.91. The molecule has 0 aromatic heterocycles. The quantitative estimate of drug-likeness (QED) is 0.632. The molecule has 2 saturated heterocycles. The monoisotopic (exact) mass is 201 g/mol. The van der Waals surface area contributed by atoms with E-state index in [9.17, 15) is 5.21 Å². The van der Waals surface area contributed by atoms with Gasteiger partial charge < -0.3 is 14.7 Å². The SMILES string of the molecule is CC1(C)COCC2(CCN(O)C2)OC1. The third kappa shape index (κ3) is 2.08. The third-order valence-electron chi connectivity index (χ3n) is 2.92. The fraction of sp³-hybridized carbons (Fsp3) is 1.00. The summed E-state index contributed by atoms with van der Waals surface area (Å²) in [4.78, 5) is 0. The smallest absolute Gasteiger partial charge is 0.108 e. The zero-order chi connectivity index (χ0) is 10.2. The second-order valence-corrected chi connectivity index (χ2v) is 5.27. The largest absolute Gasteiger partial charge is 0.378 e. The Kier molecular flexibility index (Phi) is 2.55. The van der Waals surface area contributed by atoms with E-state index in [1.807, 2.05) is 0 Å². The molecule has 1 N–H and O–H groups in total. The standard InChI is InChI=1S/C10H19NO3/c1-9(2)6-13-8-10(14-7-9)3-4-11(12)5-10/h12H,3-8H2,1-2H3. The predicted octanol–water partition coefficient (Wildman–Crippen LogP) is 0.893. The van der Waals surface area contributed by atoms with Gasteiger partial charge >= 0.3 is 0 Å². The van der Waals surface area contributed by atoms with E-state index in [1.54, 1.807) is 0 Å². The molecule has 0 aromatic rings. The predicted molar refractivity (Wildman–Crippen MR) is 51.3 cm³/mol. The summed E-state index contributed by atoms with van der Waals surface area (Å²) >= 11 is 0. The van der Waals surface area contributed by atoms with Crippen LogP contribution >= 0.6 is 0 Å². The van der Waals surface area contributed by atoms with Gasteiger partial charge in [0.2, 0.25) is 0 Å². The molecule has 1 spiro atoms. The van der Waals surface area contributed by atoms with Crippen LogP contribution in [0.15, 0.2) is 0 Å². The summed E-state index contributed by atoms with van der Waals surface area (Å²) < 4.78 is 11.5. The highest BCUT2D eigenvalue weighted by Gasteiger charge is 2.42. The van der Waals surface area contributed by atoms with Crippen LogP contribution in [0.4, 0.5) is 0 Å². The highest BCUT2D eigenvalue weighted by Crippen LogP contribution is 2.31. The van der Waals surface area contributed by atoms with Crippen molar-refractivity contribution >= 4 is 0 Å². The minimum Gasteiger partial charge on any atom is -0.378 e. The second kappa shape index (κ2) is 3.45. The molecule has 4 nitrogen and oxygen atoms in total. The number of hydrogen-bond acceptors (Lipinski definition) is 4. The third-order valence-corrected chi connectivity index (χ3v) is 2.92. The van der Waals surface area contributed by atoms with Gasteiger partial charge in [-0.05, 0) is 6.42 Å². The average molecular weight is 201 g/mol. The molecule has 2 fully saturated rings. The summed E-state index contributed by atoms with van der Waals surface area (Å²) in [5.41, 5.74) is -0.172. The molecule has 4 heteroatoms. The number of nitrogens with zero attached hydrogens (tertiary/aromatic N) is 1. The van der Waals surface area contributed by atoms with Crippen LogP contribution in [0.2, 0.25) is 0 Å². The Morgan fingerprint density at radius 2 is 2.00 bits per heavy atom. The first-order chi connectivity index (χ1) is 6.52. The molecule has 2 heterocycles. The maximum Gasteiger partial charge on any atom is 0.108 e. The van der Waals surface area contributed by atoms with E-state index in [0.29, 0.717) is 26.3 Å². The van der Waals surface area contributed by atoms with Crippen molar-refractivity contribution in [3.63, 3.8) is 0 Å². The lowest BCUT2D eigenvalue weighted by atomic mass is 9.96. The molecule has 0 amide bonds. The highest BCUT2D eigenvalue weighted by atomic mass is 16.6. The van der Waals surface area contributed by atoms with Gasteiger partial charge in [-0.1, -0.05) is 13.8 Å². The fourth-order valence-electron chi connectivity index (χ4n) is 2.00. The van der Waals surface area contributed by atoms with Crippen molar-refractivity contribution in [1.82, 2.24) is 5.06 Å². The van der Waals surface area contributed by atoms with Crippen LogP contribution in [0.5, 0.6) is 0 Å². The topological polar surface area (TPSA) is 41.9 Å². The molecule has 0 aromatic carbocycles. The Labute approximate surface area is 84.7 Å². The van der Waals surface area contributed by atoms with Crippen molar-refractivity contribution in [2.45, 2.75) is 25.9 Å². The van der Waals surface area contributed by atoms with Gasteiger partial charge in [-0.3, -0.25) is 0 Å². The Balaban J connectivity index is 2.01. The van der Waals surface area contributed by atoms with Gasteiger partial charge in [0.15, 0.2) is 0 Å². The number of hydrogen-bond donors (Lipinski definition) is 1. The van der Waals surface area contributed by atoms with Crippen molar-refractivity contribution in [3.05, 3.63) is 0 Å². The van der Waals surface area contributed by atoms with Crippen LogP contribution in [-0.4, -0.2) is 48.8 Å². The van der Waals surface area contributed by atoms with Crippen molar-refractivity contribution in [3.8, 4) is 0 Å². The van der Waals surface area contributed by atoms with Crippen LogP contribution in [0, 0.1) is 5.41 Å². The molecule has 0 radical (unpaired) electrons. The summed E-state index contributed by atoms with van der Waals surface area (Å²) in [6.07, 6.45) is 0.861. The maximum absolute atomic E-state index is 9.37. The molecule has 2 rings (SSSR count). The van der Waals surface area contributed by atoms with Crippen LogP contribution in [0.1, 0.15) is 20.3 Å². The van der Waals surface area contributed by atoms with E-state index < -0.39 is 0 Å². The summed E-state index contributed by atoms with van der Waals surface area (Å²) in [6.45, 7) is 7.58. The summed E-state index contributed by atoms with van der Waals surface area (Å²) in [5, 5.41) is 10.7. The lowest BCUT2D eigenvalue weighted by Gasteiger charge is -2.27. The van der Waals surface area contributed by atoms with Gasteiger partial charge in [0, 0.05) is 12.0 Å². The van der Waals surface area contributed by atoms with Crippen molar-refractivity contribution in [2.75, 3.05) is 32.9 Å². The second-order valence-electron chi connectivity index (χ2n) is 5.27. The van der Waals surface area contributed by atoms with Gasteiger partial charge in [-0.25, -0.2) is 0 Å². The molecular formula is C10H19NO3. The molecule has 1 atom stereocenters. The first kappa shape index (κ1) is 10.4. The molecule has 1 unspecified atom stereocenters. The van der Waals surface area contributed by atoms with Crippen LogP contribution in [-0.2, 0) is 9.47 Å².